The number of benzene rings is 1. The van der Waals surface area contributed by atoms with Crippen molar-refractivity contribution < 1.29 is 9.53 Å². The van der Waals surface area contributed by atoms with E-state index in [1.807, 2.05) is 25.1 Å². The zero-order valence-corrected chi connectivity index (χ0v) is 13.4. The Morgan fingerprint density at radius 3 is 3.04 bits per heavy atom. The van der Waals surface area contributed by atoms with Gasteiger partial charge in [-0.2, -0.15) is 15.0 Å². The molecule has 0 aliphatic heterocycles. The largest absolute Gasteiger partial charge is 0.496 e. The number of aryl methyl sites for hydroxylation is 1. The Morgan fingerprint density at radius 1 is 1.52 bits per heavy atom. The minimum atomic E-state index is -1.02. The Hall–Kier alpha value is -2.41. The predicted octanol–water partition coefficient (Wildman–Crippen LogP) is 0.723. The van der Waals surface area contributed by atoms with E-state index in [0.717, 1.165) is 23.3 Å². The molecule has 1 aliphatic rings. The van der Waals surface area contributed by atoms with Gasteiger partial charge < -0.3 is 15.8 Å². The number of ether oxygens (including phenoxy) is 1. The van der Waals surface area contributed by atoms with Crippen molar-refractivity contribution in [3.63, 3.8) is 0 Å². The molecule has 1 aromatic carbocycles. The molecule has 3 N–H and O–H groups in total. The number of methoxy groups -OCH3 is 1. The zero-order chi connectivity index (χ0) is 16.4. The van der Waals surface area contributed by atoms with Gasteiger partial charge in [-0.15, -0.1) is 0 Å². The topological polar surface area (TPSA) is 95.1 Å². The first kappa shape index (κ1) is 15.5. The Labute approximate surface area is 134 Å². The summed E-state index contributed by atoms with van der Waals surface area (Å²) in [6, 6.07) is 5.66. The number of amides is 1. The first-order chi connectivity index (χ1) is 11.1. The molecule has 1 unspecified atom stereocenters. The second-order valence-electron chi connectivity index (χ2n) is 5.66. The van der Waals surface area contributed by atoms with Crippen molar-refractivity contribution in [3.05, 3.63) is 41.2 Å². The van der Waals surface area contributed by atoms with Crippen molar-refractivity contribution in [1.82, 2.24) is 20.3 Å². The number of hydrogen-bond acceptors (Lipinski definition) is 5. The molecule has 2 aromatic rings. The van der Waals surface area contributed by atoms with Crippen molar-refractivity contribution in [2.45, 2.75) is 38.4 Å². The molecular weight excluding hydrogens is 294 g/mol. The maximum atomic E-state index is 12.6. The van der Waals surface area contributed by atoms with Crippen molar-refractivity contribution in [2.24, 2.45) is 5.73 Å². The average molecular weight is 315 g/mol. The fourth-order valence-electron chi connectivity index (χ4n) is 3.02. The van der Waals surface area contributed by atoms with E-state index >= 15 is 0 Å². The van der Waals surface area contributed by atoms with Gasteiger partial charge in [-0.25, -0.2) is 0 Å². The maximum absolute atomic E-state index is 12.6. The summed E-state index contributed by atoms with van der Waals surface area (Å²) in [7, 11) is 1.63. The molecule has 7 heteroatoms. The van der Waals surface area contributed by atoms with Crippen LogP contribution in [0.2, 0.25) is 0 Å². The third-order valence-corrected chi connectivity index (χ3v) is 4.30. The highest BCUT2D eigenvalue weighted by atomic mass is 16.5. The van der Waals surface area contributed by atoms with Crippen LogP contribution in [0.4, 0.5) is 0 Å². The van der Waals surface area contributed by atoms with Gasteiger partial charge in [0.1, 0.15) is 17.0 Å². The van der Waals surface area contributed by atoms with Gasteiger partial charge in [0.05, 0.1) is 26.4 Å². The van der Waals surface area contributed by atoms with Crippen LogP contribution < -0.4 is 15.8 Å². The molecule has 0 saturated carbocycles. The summed E-state index contributed by atoms with van der Waals surface area (Å²) in [6.07, 6.45) is 2.95. The van der Waals surface area contributed by atoms with E-state index in [-0.39, 0.29) is 5.91 Å². The van der Waals surface area contributed by atoms with Crippen LogP contribution in [0, 0.1) is 0 Å². The lowest BCUT2D eigenvalue weighted by Gasteiger charge is -2.24. The quantitative estimate of drug-likeness (QED) is 0.848. The third kappa shape index (κ3) is 2.68. The SMILES string of the molecule is CCn1ncc(CNC(=O)C2(N)CCc3c(OC)cccc32)n1. The molecule has 122 valence electrons. The van der Waals surface area contributed by atoms with Crippen molar-refractivity contribution in [3.8, 4) is 5.75 Å². The van der Waals surface area contributed by atoms with Crippen LogP contribution in [0.5, 0.6) is 5.75 Å². The molecule has 3 rings (SSSR count). The van der Waals surface area contributed by atoms with E-state index in [0.29, 0.717) is 25.2 Å². The van der Waals surface area contributed by atoms with Gasteiger partial charge in [0.25, 0.3) is 0 Å². The molecule has 1 aliphatic carbocycles. The Kier molecular flexibility index (Phi) is 4.04. The lowest BCUT2D eigenvalue weighted by molar-refractivity contribution is -0.126. The van der Waals surface area contributed by atoms with E-state index in [9.17, 15) is 4.79 Å². The zero-order valence-electron chi connectivity index (χ0n) is 13.4. The van der Waals surface area contributed by atoms with Crippen LogP contribution in [0.1, 0.15) is 30.2 Å². The smallest absolute Gasteiger partial charge is 0.245 e. The summed E-state index contributed by atoms with van der Waals surface area (Å²) in [5.74, 6) is 0.587. The van der Waals surface area contributed by atoms with Gasteiger partial charge in [0, 0.05) is 0 Å². The van der Waals surface area contributed by atoms with Crippen LogP contribution in [-0.4, -0.2) is 28.0 Å². The van der Waals surface area contributed by atoms with Gasteiger partial charge in [0.15, 0.2) is 0 Å². The number of carbonyl (C=O) groups excluding carboxylic acids is 1. The third-order valence-electron chi connectivity index (χ3n) is 4.30. The second kappa shape index (κ2) is 6.00. The van der Waals surface area contributed by atoms with Crippen LogP contribution in [0.25, 0.3) is 0 Å². The van der Waals surface area contributed by atoms with E-state index < -0.39 is 5.54 Å². The maximum Gasteiger partial charge on any atom is 0.245 e. The minimum absolute atomic E-state index is 0.199. The Balaban J connectivity index is 1.75. The molecule has 7 nitrogen and oxygen atoms in total. The van der Waals surface area contributed by atoms with Crippen LogP contribution >= 0.6 is 0 Å². The molecule has 1 amide bonds. The molecule has 0 bridgehead atoms. The van der Waals surface area contributed by atoms with Gasteiger partial charge in [-0.3, -0.25) is 4.79 Å². The fourth-order valence-corrected chi connectivity index (χ4v) is 3.02. The average Bonchev–Trinajstić information content (AvgIpc) is 3.18. The summed E-state index contributed by atoms with van der Waals surface area (Å²) in [5, 5.41) is 11.2. The molecule has 0 radical (unpaired) electrons. The van der Waals surface area contributed by atoms with E-state index in [1.165, 1.54) is 0 Å². The number of rotatable bonds is 5. The lowest BCUT2D eigenvalue weighted by atomic mass is 9.92. The normalized spacial score (nSPS) is 19.4. The molecule has 23 heavy (non-hydrogen) atoms. The second-order valence-corrected chi connectivity index (χ2v) is 5.66. The monoisotopic (exact) mass is 315 g/mol. The molecule has 1 heterocycles. The Bertz CT molecular complexity index is 727. The molecule has 1 aromatic heterocycles. The fraction of sp³-hybridized carbons (Fsp3) is 0.438. The number of nitrogens with zero attached hydrogens (tertiary/aromatic N) is 3. The van der Waals surface area contributed by atoms with E-state index in [4.69, 9.17) is 10.5 Å². The van der Waals surface area contributed by atoms with Gasteiger partial charge in [-0.05, 0) is 37.0 Å². The van der Waals surface area contributed by atoms with E-state index in [2.05, 4.69) is 15.5 Å². The summed E-state index contributed by atoms with van der Waals surface area (Å²) in [5.41, 5.74) is 7.97. The number of hydrogen-bond donors (Lipinski definition) is 2. The highest BCUT2D eigenvalue weighted by molar-refractivity contribution is 5.89. The number of nitrogens with two attached hydrogens (primary N) is 1. The predicted molar refractivity (Wildman–Crippen MR) is 84.7 cm³/mol. The summed E-state index contributed by atoms with van der Waals surface area (Å²) in [4.78, 5) is 14.2. The summed E-state index contributed by atoms with van der Waals surface area (Å²) < 4.78 is 5.37. The first-order valence-corrected chi connectivity index (χ1v) is 7.71. The Morgan fingerprint density at radius 2 is 2.35 bits per heavy atom. The van der Waals surface area contributed by atoms with Gasteiger partial charge in [-0.1, -0.05) is 12.1 Å². The van der Waals surface area contributed by atoms with Crippen LogP contribution in [0.15, 0.2) is 24.4 Å². The minimum Gasteiger partial charge on any atom is -0.496 e. The number of nitrogens with one attached hydrogen (secondary N) is 1. The number of carbonyl (C=O) groups is 1. The molecule has 0 spiro atoms. The number of fused-ring (bicyclic) bond motifs is 1. The summed E-state index contributed by atoms with van der Waals surface area (Å²) in [6.45, 7) is 2.97. The number of aromatic nitrogens is 3. The summed E-state index contributed by atoms with van der Waals surface area (Å²) >= 11 is 0. The molecule has 0 fully saturated rings. The van der Waals surface area contributed by atoms with Gasteiger partial charge in [0.2, 0.25) is 5.91 Å². The van der Waals surface area contributed by atoms with Crippen LogP contribution in [-0.2, 0) is 29.8 Å². The lowest BCUT2D eigenvalue weighted by Crippen LogP contribution is -2.49. The van der Waals surface area contributed by atoms with Crippen LogP contribution in [0.3, 0.4) is 0 Å². The standard InChI is InChI=1S/C16H21N5O2/c1-3-21-19-10-11(20-21)9-18-15(22)16(17)8-7-12-13(16)5-4-6-14(12)23-2/h4-6,10H,3,7-9,17H2,1-2H3,(H,18,22). The van der Waals surface area contributed by atoms with E-state index in [1.54, 1.807) is 18.1 Å². The van der Waals surface area contributed by atoms with Crippen molar-refractivity contribution in [2.75, 3.05) is 7.11 Å². The molecule has 1 atom stereocenters. The highest BCUT2D eigenvalue weighted by Gasteiger charge is 2.42. The van der Waals surface area contributed by atoms with Crippen molar-refractivity contribution in [1.29, 1.82) is 0 Å². The van der Waals surface area contributed by atoms with Crippen molar-refractivity contribution >= 4 is 5.91 Å². The highest BCUT2D eigenvalue weighted by Crippen LogP contribution is 2.39. The molecular formula is C16H21N5O2. The van der Waals surface area contributed by atoms with Gasteiger partial charge >= 0.3 is 0 Å². The first-order valence-electron chi connectivity index (χ1n) is 7.71. The molecule has 0 saturated heterocycles.